The quantitative estimate of drug-likeness (QED) is 0.133. The topological polar surface area (TPSA) is 149 Å². The fraction of sp³-hybridized carbons (Fsp3) is 0.786. The molecule has 0 aliphatic rings. The molecule has 7 N–H and O–H groups in total. The van der Waals surface area contributed by atoms with Gasteiger partial charge in [-0.1, -0.05) is 6.92 Å². The number of aliphatic hydroxyl groups excluding tert-OH is 2. The molecule has 0 spiro atoms. The maximum Gasteiger partial charge on any atom is 0.229 e. The van der Waals surface area contributed by atoms with Crippen LogP contribution in [-0.4, -0.2) is 53.2 Å². The van der Waals surface area contributed by atoms with Crippen LogP contribution in [0, 0.1) is 10.8 Å². The number of guanidine groups is 1. The Bertz CT molecular complexity index is 389. The third-order valence-electron chi connectivity index (χ3n) is 3.92. The highest BCUT2D eigenvalue weighted by molar-refractivity contribution is 5.85. The molecule has 0 fully saturated rings. The summed E-state index contributed by atoms with van der Waals surface area (Å²) >= 11 is 0. The van der Waals surface area contributed by atoms with Crippen LogP contribution in [0.1, 0.15) is 40.0 Å². The maximum atomic E-state index is 12.3. The summed E-state index contributed by atoms with van der Waals surface area (Å²) in [5, 5.41) is 31.8. The van der Waals surface area contributed by atoms with Gasteiger partial charge in [-0.15, -0.1) is 0 Å². The fourth-order valence-electron chi connectivity index (χ4n) is 1.97. The standard InChI is InChI=1S/C14H28N4O4/c1-4-14(3,11(21)6-5-7-17-13(15)16)12(22)18-10(8-19)9(2)20/h8-11,20-21H,4-7H2,1-3H3,(H,18,22)(H4,15,16,17). The van der Waals surface area contributed by atoms with Gasteiger partial charge in [-0.3, -0.25) is 10.2 Å². The van der Waals surface area contributed by atoms with Crippen LogP contribution in [0.3, 0.4) is 0 Å². The van der Waals surface area contributed by atoms with Gasteiger partial charge in [-0.25, -0.2) is 0 Å². The van der Waals surface area contributed by atoms with Crippen molar-refractivity contribution < 1.29 is 19.8 Å². The van der Waals surface area contributed by atoms with Gasteiger partial charge in [-0.2, -0.15) is 0 Å². The van der Waals surface area contributed by atoms with Crippen LogP contribution in [0.4, 0.5) is 0 Å². The van der Waals surface area contributed by atoms with Crippen molar-refractivity contribution in [2.24, 2.45) is 11.1 Å². The number of carbonyl (C=O) groups excluding carboxylic acids is 2. The van der Waals surface area contributed by atoms with E-state index in [1.165, 1.54) is 6.92 Å². The predicted octanol–water partition coefficient (Wildman–Crippen LogP) is -0.909. The number of aldehydes is 1. The van der Waals surface area contributed by atoms with E-state index < -0.39 is 29.6 Å². The molecule has 128 valence electrons. The predicted molar refractivity (Wildman–Crippen MR) is 83.2 cm³/mol. The first-order valence-corrected chi connectivity index (χ1v) is 7.39. The normalized spacial score (nSPS) is 17.7. The zero-order valence-electron chi connectivity index (χ0n) is 13.4. The van der Waals surface area contributed by atoms with Gasteiger partial charge in [0.25, 0.3) is 0 Å². The number of aliphatic hydroxyl groups is 2. The summed E-state index contributed by atoms with van der Waals surface area (Å²) in [6.45, 7) is 5.23. The minimum absolute atomic E-state index is 0.142. The molecule has 0 aliphatic carbocycles. The first-order chi connectivity index (χ1) is 10.2. The van der Waals surface area contributed by atoms with Crippen molar-refractivity contribution >= 4 is 18.2 Å². The highest BCUT2D eigenvalue weighted by atomic mass is 16.3. The molecule has 0 rings (SSSR count). The van der Waals surface area contributed by atoms with Gasteiger partial charge in [0.15, 0.2) is 5.96 Å². The molecule has 1 amide bonds. The van der Waals surface area contributed by atoms with Crippen molar-refractivity contribution in [1.29, 1.82) is 5.41 Å². The number of nitrogens with two attached hydrogens (primary N) is 1. The average molecular weight is 316 g/mol. The second kappa shape index (κ2) is 9.37. The monoisotopic (exact) mass is 316 g/mol. The molecule has 0 aromatic carbocycles. The van der Waals surface area contributed by atoms with Crippen molar-refractivity contribution in [3.05, 3.63) is 0 Å². The second-order valence-corrected chi connectivity index (χ2v) is 5.65. The second-order valence-electron chi connectivity index (χ2n) is 5.65. The van der Waals surface area contributed by atoms with Crippen LogP contribution in [0.2, 0.25) is 0 Å². The Morgan fingerprint density at radius 1 is 1.45 bits per heavy atom. The minimum Gasteiger partial charge on any atom is -0.392 e. The Morgan fingerprint density at radius 3 is 2.45 bits per heavy atom. The molecule has 22 heavy (non-hydrogen) atoms. The van der Waals surface area contributed by atoms with E-state index in [1.807, 2.05) is 0 Å². The van der Waals surface area contributed by atoms with Crippen LogP contribution < -0.4 is 16.4 Å². The first kappa shape index (κ1) is 20.3. The third-order valence-corrected chi connectivity index (χ3v) is 3.92. The van der Waals surface area contributed by atoms with E-state index in [2.05, 4.69) is 10.6 Å². The third kappa shape index (κ3) is 5.98. The first-order valence-electron chi connectivity index (χ1n) is 7.39. The van der Waals surface area contributed by atoms with Gasteiger partial charge in [-0.05, 0) is 33.1 Å². The summed E-state index contributed by atoms with van der Waals surface area (Å²) < 4.78 is 0. The van der Waals surface area contributed by atoms with Crippen LogP contribution in [0.5, 0.6) is 0 Å². The summed E-state index contributed by atoms with van der Waals surface area (Å²) in [7, 11) is 0. The molecular formula is C14H28N4O4. The van der Waals surface area contributed by atoms with Crippen molar-refractivity contribution in [1.82, 2.24) is 10.6 Å². The Balaban J connectivity index is 4.67. The lowest BCUT2D eigenvalue weighted by Gasteiger charge is -2.33. The summed E-state index contributed by atoms with van der Waals surface area (Å²) in [4.78, 5) is 23.2. The van der Waals surface area contributed by atoms with Gasteiger partial charge >= 0.3 is 0 Å². The number of rotatable bonds is 10. The summed E-state index contributed by atoms with van der Waals surface area (Å²) in [6, 6.07) is -0.995. The largest absolute Gasteiger partial charge is 0.392 e. The number of amides is 1. The number of carbonyl (C=O) groups is 2. The zero-order valence-corrected chi connectivity index (χ0v) is 13.4. The van der Waals surface area contributed by atoms with E-state index in [0.717, 1.165) is 0 Å². The van der Waals surface area contributed by atoms with Crippen LogP contribution >= 0.6 is 0 Å². The Kier molecular flexibility index (Phi) is 8.66. The van der Waals surface area contributed by atoms with Crippen molar-refractivity contribution in [3.63, 3.8) is 0 Å². The van der Waals surface area contributed by atoms with E-state index in [4.69, 9.17) is 11.1 Å². The molecule has 8 nitrogen and oxygen atoms in total. The van der Waals surface area contributed by atoms with E-state index in [9.17, 15) is 19.8 Å². The molecule has 0 aliphatic heterocycles. The van der Waals surface area contributed by atoms with E-state index in [0.29, 0.717) is 32.1 Å². The Hall–Kier alpha value is -1.67. The number of hydrogen-bond acceptors (Lipinski definition) is 5. The van der Waals surface area contributed by atoms with Crippen LogP contribution in [-0.2, 0) is 9.59 Å². The molecule has 0 saturated carbocycles. The molecule has 0 radical (unpaired) electrons. The minimum atomic E-state index is -1.06. The Labute approximate surface area is 131 Å². The molecule has 0 bridgehead atoms. The molecule has 4 atom stereocenters. The molecule has 0 aromatic rings. The molecule has 0 saturated heterocycles. The SMILES string of the molecule is CCC(C)(C(=O)NC(C=O)C(C)O)C(O)CCCNC(=N)N. The van der Waals surface area contributed by atoms with Crippen LogP contribution in [0.25, 0.3) is 0 Å². The smallest absolute Gasteiger partial charge is 0.229 e. The average Bonchev–Trinajstić information content (AvgIpc) is 2.46. The van der Waals surface area contributed by atoms with Crippen LogP contribution in [0.15, 0.2) is 0 Å². The number of hydrogen-bond donors (Lipinski definition) is 6. The maximum absolute atomic E-state index is 12.3. The van der Waals surface area contributed by atoms with Gasteiger partial charge < -0.3 is 31.4 Å². The van der Waals surface area contributed by atoms with Gasteiger partial charge in [0.1, 0.15) is 12.3 Å². The Morgan fingerprint density at radius 2 is 2.05 bits per heavy atom. The van der Waals surface area contributed by atoms with E-state index in [1.54, 1.807) is 13.8 Å². The lowest BCUT2D eigenvalue weighted by molar-refractivity contribution is -0.140. The number of nitrogens with one attached hydrogen (secondary N) is 3. The zero-order chi connectivity index (χ0) is 17.3. The summed E-state index contributed by atoms with van der Waals surface area (Å²) in [5.41, 5.74) is 4.09. The van der Waals surface area contributed by atoms with Gasteiger partial charge in [0.2, 0.25) is 5.91 Å². The van der Waals surface area contributed by atoms with Crippen molar-refractivity contribution in [2.75, 3.05) is 6.54 Å². The highest BCUT2D eigenvalue weighted by Crippen LogP contribution is 2.29. The summed E-state index contributed by atoms with van der Waals surface area (Å²) in [6.07, 6.45) is -0.171. The fourth-order valence-corrected chi connectivity index (χ4v) is 1.97. The van der Waals surface area contributed by atoms with Crippen molar-refractivity contribution in [3.8, 4) is 0 Å². The highest BCUT2D eigenvalue weighted by Gasteiger charge is 2.39. The summed E-state index contributed by atoms with van der Waals surface area (Å²) in [5.74, 6) is -0.615. The van der Waals surface area contributed by atoms with Crippen molar-refractivity contribution in [2.45, 2.75) is 58.3 Å². The molecular weight excluding hydrogens is 288 g/mol. The lowest BCUT2D eigenvalue weighted by atomic mass is 9.78. The van der Waals surface area contributed by atoms with E-state index >= 15 is 0 Å². The van der Waals surface area contributed by atoms with Gasteiger partial charge in [0.05, 0.1) is 17.6 Å². The molecule has 8 heteroatoms. The molecule has 0 aromatic heterocycles. The van der Waals surface area contributed by atoms with Gasteiger partial charge in [0, 0.05) is 6.54 Å². The molecule has 0 heterocycles. The molecule has 4 unspecified atom stereocenters. The lowest BCUT2D eigenvalue weighted by Crippen LogP contribution is -2.52. The van der Waals surface area contributed by atoms with E-state index in [-0.39, 0.29) is 5.96 Å².